The van der Waals surface area contributed by atoms with Crippen LogP contribution in [0.3, 0.4) is 0 Å². The highest BCUT2D eigenvalue weighted by Crippen LogP contribution is 2.30. The number of nitrogens with zero attached hydrogens (tertiary/aromatic N) is 3. The van der Waals surface area contributed by atoms with E-state index in [-0.39, 0.29) is 48.8 Å². The number of aliphatic hydroxyl groups excluding tert-OH is 2. The number of ether oxygens (including phenoxy) is 1. The Morgan fingerprint density at radius 2 is 1.98 bits per heavy atom. The molecule has 7 N–H and O–H groups in total. The van der Waals surface area contributed by atoms with Crippen LogP contribution in [0.2, 0.25) is 0 Å². The minimum absolute atomic E-state index is 0.0650. The molecular weight excluding hydrogens is 571 g/mol. The van der Waals surface area contributed by atoms with Gasteiger partial charge in [0.25, 0.3) is 5.56 Å². The van der Waals surface area contributed by atoms with E-state index >= 15 is 0 Å². The first-order valence-electron chi connectivity index (χ1n) is 12.7. The Bertz CT molecular complexity index is 1070. The summed E-state index contributed by atoms with van der Waals surface area (Å²) in [5.41, 5.74) is 0.0420. The number of carbonyl (C=O) groups excluding carboxylic acids is 1. The predicted molar refractivity (Wildman–Crippen MR) is 152 cm³/mol. The van der Waals surface area contributed by atoms with Gasteiger partial charge in [0.1, 0.15) is 6.23 Å². The Morgan fingerprint density at radius 3 is 2.45 bits per heavy atom. The van der Waals surface area contributed by atoms with Crippen LogP contribution in [-0.2, 0) is 29.5 Å². The monoisotopic (exact) mass is 615 g/mol. The summed E-state index contributed by atoms with van der Waals surface area (Å²) in [7, 11) is 0.403. The second-order valence-corrected chi connectivity index (χ2v) is 10.2. The van der Waals surface area contributed by atoms with Crippen LogP contribution in [0.4, 0.5) is 5.95 Å². The fourth-order valence-electron chi connectivity index (χ4n) is 2.80. The maximum atomic E-state index is 12.2. The van der Waals surface area contributed by atoms with Gasteiger partial charge in [-0.1, -0.05) is 34.6 Å². The molecule has 0 bridgehead atoms. The average Bonchev–Trinajstić information content (AvgIpc) is 3.60. The number of aromatic amines is 1. The molecule has 1 amide bonds. The fraction of sp³-hybridized carbons (Fsp3) is 0.727. The van der Waals surface area contributed by atoms with Crippen molar-refractivity contribution in [1.29, 1.82) is 0 Å². The highest BCUT2D eigenvalue weighted by atomic mass is 32.2. The van der Waals surface area contributed by atoms with Crippen LogP contribution in [0.15, 0.2) is 11.1 Å². The number of nitrogens with one attached hydrogen (secondary N) is 3. The van der Waals surface area contributed by atoms with Gasteiger partial charge in [0.15, 0.2) is 11.2 Å². The smallest absolute Gasteiger partial charge is 0.392 e. The minimum Gasteiger partial charge on any atom is -0.394 e. The number of carbonyl (C=O) groups is 1. The lowest BCUT2D eigenvalue weighted by Crippen LogP contribution is -2.23. The highest BCUT2D eigenvalue weighted by Gasteiger charge is 2.29. The van der Waals surface area contributed by atoms with E-state index in [4.69, 9.17) is 28.9 Å². The molecule has 0 aliphatic carbocycles. The third-order valence-corrected chi connectivity index (χ3v) is 6.03. The molecule has 1 saturated heterocycles. The number of imidazole rings is 1. The largest absolute Gasteiger partial charge is 0.394 e. The van der Waals surface area contributed by atoms with Gasteiger partial charge in [-0.15, -0.1) is 0 Å². The van der Waals surface area contributed by atoms with Crippen LogP contribution in [-0.4, -0.2) is 89.2 Å². The normalized spacial score (nSPS) is 17.7. The van der Waals surface area contributed by atoms with Gasteiger partial charge in [-0.2, -0.15) is 19.3 Å². The van der Waals surface area contributed by atoms with Crippen LogP contribution in [0.5, 0.6) is 0 Å². The van der Waals surface area contributed by atoms with Gasteiger partial charge in [0, 0.05) is 5.92 Å². The first-order chi connectivity index (χ1) is 19.0. The molecule has 232 valence electrons. The average molecular weight is 616 g/mol. The van der Waals surface area contributed by atoms with Gasteiger partial charge in [-0.05, 0) is 26.3 Å². The van der Waals surface area contributed by atoms with Crippen molar-refractivity contribution < 1.29 is 42.4 Å². The molecule has 4 unspecified atom stereocenters. The lowest BCUT2D eigenvalue weighted by atomic mass is 10.2. The zero-order valence-corrected chi connectivity index (χ0v) is 25.7. The van der Waals surface area contributed by atoms with Crippen molar-refractivity contribution in [3.63, 3.8) is 0 Å². The molecular formula is C22H44N6O10PS+. The number of hydrogen-bond donors (Lipinski definition) is 7. The van der Waals surface area contributed by atoms with Gasteiger partial charge in [-0.25, -0.2) is 13.9 Å². The number of H-pyrrole nitrogens is 1. The minimum atomic E-state index is -2.37. The van der Waals surface area contributed by atoms with Gasteiger partial charge in [0.2, 0.25) is 23.1 Å². The molecule has 40 heavy (non-hydrogen) atoms. The number of aromatic nitrogens is 4. The summed E-state index contributed by atoms with van der Waals surface area (Å²) in [6, 6.07) is 0. The predicted octanol–water partition coefficient (Wildman–Crippen LogP) is 0.559. The van der Waals surface area contributed by atoms with Gasteiger partial charge in [-0.3, -0.25) is 28.6 Å². The first kappa shape index (κ1) is 38.1. The molecule has 0 aromatic carbocycles. The summed E-state index contributed by atoms with van der Waals surface area (Å²) in [5, 5.41) is 19.1. The van der Waals surface area contributed by atoms with Gasteiger partial charge < -0.3 is 14.9 Å². The first-order valence-corrected chi connectivity index (χ1v) is 15.1. The Morgan fingerprint density at radius 1 is 1.35 bits per heavy atom. The standard InChI is InChI=1S/C15H22N6O5S.C4H10O2.C2H6.CH6O3P/c1-8(2)13(22)19-15-18-12-11(14(23)20-15)17-7-21(12)10-5-4-9(26-10)6-25-27(24)16-3;1-2-4(6)3-5;1-2;1-4-5(2)3/h7-10,16H,4-6H2,1-3H3,(H2,18,19,20,22,23);4-6H,2-3H2,1H3;1-2H3;2-3,5H,1H3/q;;;+1. The topological polar surface area (TPSA) is 230 Å². The molecule has 16 nitrogen and oxygen atoms in total. The Labute approximate surface area is 237 Å². The summed E-state index contributed by atoms with van der Waals surface area (Å²) in [6.45, 7) is 9.37. The number of amides is 1. The molecule has 1 aliphatic rings. The number of rotatable bonds is 10. The molecule has 0 spiro atoms. The third kappa shape index (κ3) is 13.6. The highest BCUT2D eigenvalue weighted by molar-refractivity contribution is 7.78. The number of fused-ring (bicyclic) bond motifs is 1. The number of aliphatic hydroxyl groups is 2. The van der Waals surface area contributed by atoms with E-state index in [0.29, 0.717) is 24.9 Å². The summed E-state index contributed by atoms with van der Waals surface area (Å²) >= 11 is -1.56. The van der Waals surface area contributed by atoms with Crippen LogP contribution < -0.4 is 15.6 Å². The van der Waals surface area contributed by atoms with E-state index in [2.05, 4.69) is 29.5 Å². The van der Waals surface area contributed by atoms with Gasteiger partial charge >= 0.3 is 8.60 Å². The van der Waals surface area contributed by atoms with E-state index in [9.17, 15) is 13.8 Å². The van der Waals surface area contributed by atoms with Crippen LogP contribution in [0.1, 0.15) is 60.1 Å². The van der Waals surface area contributed by atoms with Crippen LogP contribution in [0, 0.1) is 5.92 Å². The molecule has 1 aliphatic heterocycles. The lowest BCUT2D eigenvalue weighted by molar-refractivity contribution is -0.118. The quantitative estimate of drug-likeness (QED) is 0.182. The van der Waals surface area contributed by atoms with Crippen LogP contribution in [0.25, 0.3) is 11.2 Å². The molecule has 3 heterocycles. The van der Waals surface area contributed by atoms with Crippen molar-refractivity contribution in [1.82, 2.24) is 24.2 Å². The molecule has 18 heteroatoms. The van der Waals surface area contributed by atoms with Crippen molar-refractivity contribution in [3.05, 3.63) is 16.7 Å². The van der Waals surface area contributed by atoms with E-state index in [1.165, 1.54) is 20.5 Å². The maximum Gasteiger partial charge on any atom is 0.392 e. The molecule has 2 aromatic rings. The van der Waals surface area contributed by atoms with Crippen molar-refractivity contribution in [2.45, 2.75) is 72.3 Å². The maximum absolute atomic E-state index is 12.2. The summed E-state index contributed by atoms with van der Waals surface area (Å²) < 4.78 is 30.4. The number of anilines is 1. The van der Waals surface area contributed by atoms with Crippen molar-refractivity contribution in [2.75, 3.05) is 32.7 Å². The Kier molecular flexibility index (Phi) is 19.9. The zero-order chi connectivity index (χ0) is 30.8. The number of hydrogen-bond acceptors (Lipinski definition) is 12. The fourth-order valence-corrected chi connectivity index (χ4v) is 3.19. The zero-order valence-electron chi connectivity index (χ0n) is 23.9. The molecule has 0 radical (unpaired) electrons. The molecule has 1 fully saturated rings. The summed E-state index contributed by atoms with van der Waals surface area (Å²) in [5.74, 6) is -0.441. The van der Waals surface area contributed by atoms with Crippen molar-refractivity contribution in [3.8, 4) is 0 Å². The van der Waals surface area contributed by atoms with Crippen molar-refractivity contribution >= 4 is 42.9 Å². The Hall–Kier alpha value is -1.92. The molecule has 3 rings (SSSR count). The van der Waals surface area contributed by atoms with E-state index < -0.39 is 31.5 Å². The van der Waals surface area contributed by atoms with Crippen LogP contribution >= 0.6 is 8.60 Å². The molecule has 0 saturated carbocycles. The van der Waals surface area contributed by atoms with Crippen molar-refractivity contribution in [2.24, 2.45) is 5.92 Å². The van der Waals surface area contributed by atoms with E-state index in [1.54, 1.807) is 18.4 Å². The molecule has 4 atom stereocenters. The molecule has 2 aromatic heterocycles. The summed E-state index contributed by atoms with van der Waals surface area (Å²) in [4.78, 5) is 50.6. The third-order valence-electron chi connectivity index (χ3n) is 4.99. The lowest BCUT2D eigenvalue weighted by Gasteiger charge is -2.15. The second kappa shape index (κ2) is 20.9. The second-order valence-electron chi connectivity index (χ2n) is 8.13. The van der Waals surface area contributed by atoms with E-state index in [0.717, 1.165) is 0 Å². The Balaban J connectivity index is 0.000000982. The SMILES string of the molecule is CC.CCC(O)CO.CNS(=O)OCC1CCC(n2cnc3c(=O)[nH]c(NC(=O)C(C)C)nc32)O1.CO[PH+](O)O. The van der Waals surface area contributed by atoms with Gasteiger partial charge in [0.05, 0.1) is 38.9 Å². The van der Waals surface area contributed by atoms with E-state index in [1.807, 2.05) is 20.8 Å². The summed E-state index contributed by atoms with van der Waals surface area (Å²) in [6.07, 6.45) is 2.36.